The zero-order valence-corrected chi connectivity index (χ0v) is 31.3. The number of nitrogens with zero attached hydrogens (tertiary/aromatic N) is 2. The molecular weight excluding hydrogens is 713 g/mol. The Balaban J connectivity index is 1.19. The Bertz CT molecular complexity index is 3480. The lowest BCUT2D eigenvalue weighted by molar-refractivity contribution is 0.436. The first-order valence-corrected chi connectivity index (χ1v) is 20.2. The first-order chi connectivity index (χ1) is 28.3. The molecule has 264 valence electrons. The minimum atomic E-state index is -0.611. The smallest absolute Gasteiger partial charge is 0.161 e. The summed E-state index contributed by atoms with van der Waals surface area (Å²) in [5.74, 6) is 2.50. The highest BCUT2D eigenvalue weighted by Gasteiger charge is 2.52. The molecule has 2 aliphatic rings. The van der Waals surface area contributed by atoms with E-state index in [4.69, 9.17) is 14.7 Å². The van der Waals surface area contributed by atoms with Crippen molar-refractivity contribution < 1.29 is 4.74 Å². The topological polar surface area (TPSA) is 35.0 Å². The van der Waals surface area contributed by atoms with E-state index in [1.54, 1.807) is 11.3 Å². The van der Waals surface area contributed by atoms with E-state index in [1.165, 1.54) is 53.9 Å². The van der Waals surface area contributed by atoms with Crippen molar-refractivity contribution in [1.29, 1.82) is 0 Å². The molecule has 11 aromatic rings. The summed E-state index contributed by atoms with van der Waals surface area (Å²) in [5, 5.41) is 8.32. The second-order valence-corrected chi connectivity index (χ2v) is 16.2. The molecule has 3 heterocycles. The van der Waals surface area contributed by atoms with Gasteiger partial charge in [0, 0.05) is 32.3 Å². The standard InChI is InChI=1S/C53H30N2OS/c1-2-15-32-30-44-40(28-31(32)14-1)48-38(21-13-24-43(48)53(44)41-22-8-10-25-45(41)56-46-26-11-9-23-42(46)53)50-51-49(37-20-7-12-27-47(37)57-51)54-52(55-50)39-29-33-16-3-4-17-34(33)35-18-5-6-19-36(35)39/h1-30H. The predicted octanol–water partition coefficient (Wildman–Crippen LogP) is 14.1. The molecule has 13 rings (SSSR count). The van der Waals surface area contributed by atoms with Gasteiger partial charge in [-0.05, 0) is 91.0 Å². The molecule has 0 radical (unpaired) electrons. The van der Waals surface area contributed by atoms with Crippen molar-refractivity contribution in [3.05, 3.63) is 204 Å². The molecule has 0 bridgehead atoms. The van der Waals surface area contributed by atoms with Crippen molar-refractivity contribution in [3.8, 4) is 45.3 Å². The van der Waals surface area contributed by atoms with E-state index in [0.29, 0.717) is 0 Å². The van der Waals surface area contributed by atoms with Gasteiger partial charge in [0.2, 0.25) is 0 Å². The van der Waals surface area contributed by atoms with Gasteiger partial charge in [0.05, 0.1) is 21.3 Å². The second-order valence-electron chi connectivity index (χ2n) is 15.2. The van der Waals surface area contributed by atoms with E-state index in [9.17, 15) is 0 Å². The fourth-order valence-corrected chi connectivity index (χ4v) is 11.1. The maximum absolute atomic E-state index is 6.70. The van der Waals surface area contributed by atoms with Crippen LogP contribution in [0.15, 0.2) is 182 Å². The number of hydrogen-bond acceptors (Lipinski definition) is 4. The third-order valence-electron chi connectivity index (χ3n) is 12.3. The second kappa shape index (κ2) is 11.5. The van der Waals surface area contributed by atoms with E-state index in [1.807, 2.05) is 0 Å². The molecule has 0 N–H and O–H groups in total. The van der Waals surface area contributed by atoms with E-state index < -0.39 is 5.41 Å². The Morgan fingerprint density at radius 3 is 1.81 bits per heavy atom. The number of aromatic nitrogens is 2. The summed E-state index contributed by atoms with van der Waals surface area (Å²) >= 11 is 1.78. The summed E-state index contributed by atoms with van der Waals surface area (Å²) in [6.45, 7) is 0. The average Bonchev–Trinajstić information content (AvgIpc) is 3.79. The van der Waals surface area contributed by atoms with Crippen LogP contribution in [0.4, 0.5) is 0 Å². The van der Waals surface area contributed by atoms with Gasteiger partial charge in [0.1, 0.15) is 11.5 Å². The van der Waals surface area contributed by atoms with Gasteiger partial charge in [-0.3, -0.25) is 0 Å². The van der Waals surface area contributed by atoms with Crippen LogP contribution in [0.1, 0.15) is 22.3 Å². The number of rotatable bonds is 2. The normalized spacial score (nSPS) is 13.5. The lowest BCUT2D eigenvalue weighted by Crippen LogP contribution is -2.32. The fraction of sp³-hybridized carbons (Fsp3) is 0.0189. The summed E-state index contributed by atoms with van der Waals surface area (Å²) in [6, 6.07) is 65.8. The SMILES string of the molecule is c1ccc2c(c1)Oc1ccccc1C21c2cc3ccccc3cc2-c2c(-c3nc(-c4cc5ccccc5c5ccccc45)nc4c3sc3ccccc34)cccc21. The third kappa shape index (κ3) is 4.15. The van der Waals surface area contributed by atoms with Crippen LogP contribution in [-0.2, 0) is 5.41 Å². The van der Waals surface area contributed by atoms with Crippen LogP contribution in [-0.4, -0.2) is 9.97 Å². The Labute approximate surface area is 332 Å². The number of para-hydroxylation sites is 2. The lowest BCUT2D eigenvalue weighted by atomic mass is 9.66. The van der Waals surface area contributed by atoms with E-state index in [2.05, 4.69) is 182 Å². The molecule has 2 aromatic heterocycles. The van der Waals surface area contributed by atoms with Gasteiger partial charge in [0.15, 0.2) is 5.82 Å². The highest BCUT2D eigenvalue weighted by atomic mass is 32.1. The Hall–Kier alpha value is -7.14. The molecule has 0 atom stereocenters. The maximum Gasteiger partial charge on any atom is 0.161 e. The largest absolute Gasteiger partial charge is 0.457 e. The number of thiophene rings is 1. The van der Waals surface area contributed by atoms with Crippen molar-refractivity contribution in [1.82, 2.24) is 9.97 Å². The molecule has 57 heavy (non-hydrogen) atoms. The molecule has 0 unspecified atom stereocenters. The maximum atomic E-state index is 6.70. The molecule has 1 spiro atoms. The first-order valence-electron chi connectivity index (χ1n) is 19.4. The Morgan fingerprint density at radius 1 is 0.421 bits per heavy atom. The zero-order valence-electron chi connectivity index (χ0n) is 30.5. The number of hydrogen-bond donors (Lipinski definition) is 0. The van der Waals surface area contributed by atoms with Gasteiger partial charge < -0.3 is 4.74 Å². The molecule has 3 nitrogen and oxygen atoms in total. The van der Waals surface area contributed by atoms with E-state index in [-0.39, 0.29) is 0 Å². The molecule has 4 heteroatoms. The molecule has 9 aromatic carbocycles. The molecule has 0 saturated heterocycles. The van der Waals surface area contributed by atoms with Crippen LogP contribution in [0.2, 0.25) is 0 Å². The fourth-order valence-electron chi connectivity index (χ4n) is 9.96. The van der Waals surface area contributed by atoms with Gasteiger partial charge in [-0.1, -0.05) is 146 Å². The van der Waals surface area contributed by atoms with Crippen LogP contribution in [0, 0.1) is 0 Å². The van der Waals surface area contributed by atoms with Crippen molar-refractivity contribution in [2.24, 2.45) is 0 Å². The monoisotopic (exact) mass is 742 g/mol. The highest BCUT2D eigenvalue weighted by molar-refractivity contribution is 7.26. The van der Waals surface area contributed by atoms with Gasteiger partial charge in [-0.25, -0.2) is 9.97 Å². The predicted molar refractivity (Wildman–Crippen MR) is 236 cm³/mol. The summed E-state index contributed by atoms with van der Waals surface area (Å²) in [6.07, 6.45) is 0. The summed E-state index contributed by atoms with van der Waals surface area (Å²) in [7, 11) is 0. The van der Waals surface area contributed by atoms with Crippen molar-refractivity contribution in [3.63, 3.8) is 0 Å². The van der Waals surface area contributed by atoms with Gasteiger partial charge in [0.25, 0.3) is 0 Å². The van der Waals surface area contributed by atoms with Gasteiger partial charge >= 0.3 is 0 Å². The summed E-state index contributed by atoms with van der Waals surface area (Å²) in [4.78, 5) is 11.2. The Morgan fingerprint density at radius 2 is 1.02 bits per heavy atom. The van der Waals surface area contributed by atoms with Gasteiger partial charge in [-0.15, -0.1) is 11.3 Å². The average molecular weight is 743 g/mol. The van der Waals surface area contributed by atoms with Crippen LogP contribution in [0.5, 0.6) is 11.5 Å². The molecule has 1 aliphatic heterocycles. The van der Waals surface area contributed by atoms with Crippen LogP contribution < -0.4 is 4.74 Å². The first kappa shape index (κ1) is 31.1. The van der Waals surface area contributed by atoms with Crippen LogP contribution >= 0.6 is 11.3 Å². The van der Waals surface area contributed by atoms with Crippen LogP contribution in [0.25, 0.3) is 86.4 Å². The molecule has 0 amide bonds. The lowest BCUT2D eigenvalue weighted by Gasteiger charge is -2.39. The molecule has 1 aliphatic carbocycles. The van der Waals surface area contributed by atoms with Crippen molar-refractivity contribution >= 4 is 64.0 Å². The third-order valence-corrected chi connectivity index (χ3v) is 13.5. The highest BCUT2D eigenvalue weighted by Crippen LogP contribution is 2.64. The van der Waals surface area contributed by atoms with E-state index in [0.717, 1.165) is 66.3 Å². The minimum absolute atomic E-state index is 0.611. The van der Waals surface area contributed by atoms with Gasteiger partial charge in [-0.2, -0.15) is 0 Å². The summed E-state index contributed by atoms with van der Waals surface area (Å²) in [5.41, 5.74) is 10.7. The molecular formula is C53H30N2OS. The Kier molecular flexibility index (Phi) is 6.25. The van der Waals surface area contributed by atoms with E-state index >= 15 is 0 Å². The number of fused-ring (bicyclic) bond motifs is 16. The number of benzene rings is 9. The van der Waals surface area contributed by atoms with Crippen molar-refractivity contribution in [2.45, 2.75) is 5.41 Å². The van der Waals surface area contributed by atoms with Crippen LogP contribution in [0.3, 0.4) is 0 Å². The number of ether oxygens (including phenoxy) is 1. The molecule has 0 fully saturated rings. The quantitative estimate of drug-likeness (QED) is 0.165. The molecule has 0 saturated carbocycles. The summed E-state index contributed by atoms with van der Waals surface area (Å²) < 4.78 is 8.99. The minimum Gasteiger partial charge on any atom is -0.457 e. The van der Waals surface area contributed by atoms with Crippen molar-refractivity contribution in [2.75, 3.05) is 0 Å². The zero-order chi connectivity index (χ0) is 37.2.